The molecule has 0 saturated heterocycles. The average molecular weight is 721 g/mol. The van der Waals surface area contributed by atoms with E-state index in [4.69, 9.17) is 9.97 Å². The molecule has 0 spiro atoms. The molecule has 0 amide bonds. The smallest absolute Gasteiger partial charge is 0.0702 e. The van der Waals surface area contributed by atoms with Crippen LogP contribution >= 0.6 is 0 Å². The molecule has 9 aromatic rings. The minimum Gasteiger partial charge on any atom is -0.256 e. The van der Waals surface area contributed by atoms with Crippen LogP contribution in [0.5, 0.6) is 0 Å². The van der Waals surface area contributed by atoms with Gasteiger partial charge in [-0.05, 0) is 81.9 Å². The first-order valence-electron chi connectivity index (χ1n) is 19.0. The van der Waals surface area contributed by atoms with Gasteiger partial charge in [-0.1, -0.05) is 147 Å². The van der Waals surface area contributed by atoms with E-state index in [1.165, 1.54) is 0 Å². The highest BCUT2D eigenvalue weighted by Crippen LogP contribution is 2.43. The Morgan fingerprint density at radius 2 is 0.554 bits per heavy atom. The van der Waals surface area contributed by atoms with Gasteiger partial charge < -0.3 is 0 Å². The van der Waals surface area contributed by atoms with Crippen molar-refractivity contribution in [3.8, 4) is 89.5 Å². The molecule has 0 aliphatic carbocycles. The molecule has 56 heavy (non-hydrogen) atoms. The standard InChI is InChI=1S/C50H34N4.C2H6/c1-3-11-37(12-4-1)49-27-25-41(33-53-49)45-32-46(42-26-28-50(54-34-42)38-13-5-2-6-14-38)44(36-19-23-40(24-20-36)48-16-8-10-30-52-48)31-43(45)35-17-21-39(22-18-35)47-15-7-9-29-51-47;1-2/h1-34H;1-2H3. The van der Waals surface area contributed by atoms with Gasteiger partial charge in [-0.3, -0.25) is 19.9 Å². The maximum absolute atomic E-state index is 4.95. The predicted molar refractivity (Wildman–Crippen MR) is 232 cm³/mol. The number of hydrogen-bond donors (Lipinski definition) is 0. The Balaban J connectivity index is 0.00000217. The van der Waals surface area contributed by atoms with Crippen molar-refractivity contribution in [2.45, 2.75) is 13.8 Å². The number of rotatable bonds is 8. The van der Waals surface area contributed by atoms with E-state index in [0.717, 1.165) is 89.5 Å². The lowest BCUT2D eigenvalue weighted by Gasteiger charge is -2.19. The Morgan fingerprint density at radius 3 is 0.893 bits per heavy atom. The summed E-state index contributed by atoms with van der Waals surface area (Å²) in [5, 5.41) is 0. The van der Waals surface area contributed by atoms with Gasteiger partial charge in [0, 0.05) is 58.2 Å². The van der Waals surface area contributed by atoms with Gasteiger partial charge in [0.2, 0.25) is 0 Å². The second kappa shape index (κ2) is 16.8. The van der Waals surface area contributed by atoms with Gasteiger partial charge in [-0.2, -0.15) is 0 Å². The molecule has 0 bridgehead atoms. The number of aromatic nitrogens is 4. The molecule has 0 saturated carbocycles. The third-order valence-electron chi connectivity index (χ3n) is 9.76. The Kier molecular flexibility index (Phi) is 10.7. The molecule has 0 atom stereocenters. The quantitative estimate of drug-likeness (QED) is 0.157. The summed E-state index contributed by atoms with van der Waals surface area (Å²) < 4.78 is 0. The van der Waals surface area contributed by atoms with Crippen LogP contribution in [0.1, 0.15) is 13.8 Å². The Morgan fingerprint density at radius 1 is 0.250 bits per heavy atom. The summed E-state index contributed by atoms with van der Waals surface area (Å²) in [6.07, 6.45) is 7.65. The molecule has 9 rings (SSSR count). The van der Waals surface area contributed by atoms with E-state index in [1.54, 1.807) is 0 Å². The fraction of sp³-hybridized carbons (Fsp3) is 0.0385. The fourth-order valence-corrected chi connectivity index (χ4v) is 6.93. The van der Waals surface area contributed by atoms with Gasteiger partial charge in [0.05, 0.1) is 22.8 Å². The van der Waals surface area contributed by atoms with Crippen LogP contribution in [0.2, 0.25) is 0 Å². The minimum absolute atomic E-state index is 0.936. The molecule has 5 aromatic carbocycles. The molecule has 4 heterocycles. The maximum Gasteiger partial charge on any atom is 0.0702 e. The molecule has 0 radical (unpaired) electrons. The van der Waals surface area contributed by atoms with Crippen molar-refractivity contribution in [2.75, 3.05) is 0 Å². The van der Waals surface area contributed by atoms with Crippen LogP contribution in [0.4, 0.5) is 0 Å². The number of benzene rings is 5. The van der Waals surface area contributed by atoms with Gasteiger partial charge >= 0.3 is 0 Å². The van der Waals surface area contributed by atoms with E-state index in [-0.39, 0.29) is 0 Å². The van der Waals surface area contributed by atoms with Crippen LogP contribution in [-0.2, 0) is 0 Å². The van der Waals surface area contributed by atoms with Crippen LogP contribution < -0.4 is 0 Å². The average Bonchev–Trinajstić information content (AvgIpc) is 3.31. The van der Waals surface area contributed by atoms with Gasteiger partial charge in [0.15, 0.2) is 0 Å². The zero-order valence-corrected chi connectivity index (χ0v) is 31.4. The van der Waals surface area contributed by atoms with Crippen molar-refractivity contribution < 1.29 is 0 Å². The van der Waals surface area contributed by atoms with Crippen LogP contribution in [-0.4, -0.2) is 19.9 Å². The first-order chi connectivity index (χ1) is 27.8. The first kappa shape index (κ1) is 35.7. The predicted octanol–water partition coefficient (Wildman–Crippen LogP) is 13.6. The molecular formula is C52H40N4. The molecular weight excluding hydrogens is 681 g/mol. The van der Waals surface area contributed by atoms with Crippen LogP contribution in [0.25, 0.3) is 89.5 Å². The molecule has 0 aliphatic rings. The maximum atomic E-state index is 4.95. The minimum atomic E-state index is 0.936. The largest absolute Gasteiger partial charge is 0.256 e. The Labute approximate surface area is 329 Å². The number of pyridine rings is 4. The summed E-state index contributed by atoms with van der Waals surface area (Å²) in [5.41, 5.74) is 16.7. The van der Waals surface area contributed by atoms with E-state index in [0.29, 0.717) is 0 Å². The normalized spacial score (nSPS) is 10.7. The van der Waals surface area contributed by atoms with E-state index in [1.807, 2.05) is 111 Å². The van der Waals surface area contributed by atoms with Gasteiger partial charge in [-0.25, -0.2) is 0 Å². The summed E-state index contributed by atoms with van der Waals surface area (Å²) in [4.78, 5) is 19.1. The first-order valence-corrected chi connectivity index (χ1v) is 19.0. The van der Waals surface area contributed by atoms with Crippen LogP contribution in [0.3, 0.4) is 0 Å². The summed E-state index contributed by atoms with van der Waals surface area (Å²) in [5.74, 6) is 0. The number of nitrogens with zero attached hydrogens (tertiary/aromatic N) is 4. The highest BCUT2D eigenvalue weighted by atomic mass is 14.7. The van der Waals surface area contributed by atoms with E-state index < -0.39 is 0 Å². The molecule has 0 aliphatic heterocycles. The molecule has 4 nitrogen and oxygen atoms in total. The second-order valence-electron chi connectivity index (χ2n) is 13.1. The zero-order chi connectivity index (χ0) is 38.1. The van der Waals surface area contributed by atoms with E-state index >= 15 is 0 Å². The molecule has 0 fully saturated rings. The molecule has 0 unspecified atom stereocenters. The lowest BCUT2D eigenvalue weighted by Crippen LogP contribution is -1.94. The Bertz CT molecular complexity index is 2250. The lowest BCUT2D eigenvalue weighted by molar-refractivity contribution is 1.32. The van der Waals surface area contributed by atoms with Crippen molar-refractivity contribution in [1.82, 2.24) is 19.9 Å². The monoisotopic (exact) mass is 720 g/mol. The van der Waals surface area contributed by atoms with Crippen molar-refractivity contribution >= 4 is 0 Å². The summed E-state index contributed by atoms with van der Waals surface area (Å²) >= 11 is 0. The third-order valence-corrected chi connectivity index (χ3v) is 9.76. The second-order valence-corrected chi connectivity index (χ2v) is 13.1. The van der Waals surface area contributed by atoms with Gasteiger partial charge in [0.1, 0.15) is 0 Å². The fourth-order valence-electron chi connectivity index (χ4n) is 6.93. The summed E-state index contributed by atoms with van der Waals surface area (Å²) in [7, 11) is 0. The number of hydrogen-bond acceptors (Lipinski definition) is 4. The lowest BCUT2D eigenvalue weighted by atomic mass is 9.85. The summed E-state index contributed by atoms with van der Waals surface area (Å²) in [6.45, 7) is 4.00. The van der Waals surface area contributed by atoms with Crippen molar-refractivity contribution in [1.29, 1.82) is 0 Å². The molecule has 4 aromatic heterocycles. The van der Waals surface area contributed by atoms with E-state index in [2.05, 4.69) is 119 Å². The molecule has 268 valence electrons. The topological polar surface area (TPSA) is 51.6 Å². The van der Waals surface area contributed by atoms with Crippen molar-refractivity contribution in [3.63, 3.8) is 0 Å². The molecule has 4 heteroatoms. The Hall–Kier alpha value is -7.30. The zero-order valence-electron chi connectivity index (χ0n) is 31.4. The van der Waals surface area contributed by atoms with E-state index in [9.17, 15) is 0 Å². The van der Waals surface area contributed by atoms with Crippen LogP contribution in [0.15, 0.2) is 207 Å². The van der Waals surface area contributed by atoms with Crippen LogP contribution in [0, 0.1) is 0 Å². The highest BCUT2D eigenvalue weighted by Gasteiger charge is 2.18. The van der Waals surface area contributed by atoms with Gasteiger partial charge in [-0.15, -0.1) is 0 Å². The highest BCUT2D eigenvalue weighted by molar-refractivity contribution is 5.95. The SMILES string of the molecule is CC.c1ccc(-c2ccc(-c3cc(-c4ccc(-c5ccccc5)nc4)c(-c4ccc(-c5ccccn5)cc4)cc3-c3ccc(-c4ccccn4)cc3)cn2)cc1. The van der Waals surface area contributed by atoms with Crippen molar-refractivity contribution in [2.24, 2.45) is 0 Å². The molecule has 0 N–H and O–H groups in total. The van der Waals surface area contributed by atoms with Crippen molar-refractivity contribution in [3.05, 3.63) is 207 Å². The van der Waals surface area contributed by atoms with Gasteiger partial charge in [0.25, 0.3) is 0 Å². The third kappa shape index (κ3) is 7.68. The summed E-state index contributed by atoms with van der Waals surface area (Å²) in [6, 6.07) is 63.2.